The minimum Gasteiger partial charge on any atom is -0.448 e. The summed E-state index contributed by atoms with van der Waals surface area (Å²) in [6.07, 6.45) is 5.12. The molecule has 0 saturated heterocycles. The fraction of sp³-hybridized carbons (Fsp3) is 0.632. The van der Waals surface area contributed by atoms with Crippen molar-refractivity contribution in [3.05, 3.63) is 22.5 Å². The highest BCUT2D eigenvalue weighted by atomic mass is 16.5. The minimum atomic E-state index is -0.875. The van der Waals surface area contributed by atoms with Gasteiger partial charge < -0.3 is 15.0 Å². The van der Waals surface area contributed by atoms with Crippen molar-refractivity contribution in [3.63, 3.8) is 0 Å². The van der Waals surface area contributed by atoms with Crippen molar-refractivity contribution in [1.82, 2.24) is 10.3 Å². The van der Waals surface area contributed by atoms with E-state index in [-0.39, 0.29) is 17.4 Å². The van der Waals surface area contributed by atoms with Crippen LogP contribution in [-0.2, 0) is 9.53 Å². The Kier molecular flexibility index (Phi) is 6.39. The van der Waals surface area contributed by atoms with Gasteiger partial charge in [-0.3, -0.25) is 9.59 Å². The standard InChI is InChI=1S/C19H28N2O4/c1-11-16(13(3)22)12(2)21-17(11)19(24)25-14(4)18(23)20-10-15-8-6-5-7-9-15/h14-15,21H,5-10H2,1-4H3,(H,20,23)/t14-/m1/s1. The Labute approximate surface area is 148 Å². The molecule has 2 rings (SSSR count). The highest BCUT2D eigenvalue weighted by Crippen LogP contribution is 2.23. The number of aromatic nitrogens is 1. The van der Waals surface area contributed by atoms with Crippen LogP contribution in [0.4, 0.5) is 0 Å². The summed E-state index contributed by atoms with van der Waals surface area (Å²) in [6.45, 7) is 7.09. The SMILES string of the molecule is CC(=O)c1c(C)[nH]c(C(=O)O[C@H](C)C(=O)NCC2CCCCC2)c1C. The Morgan fingerprint density at radius 2 is 1.84 bits per heavy atom. The maximum absolute atomic E-state index is 12.3. The van der Waals surface area contributed by atoms with Crippen LogP contribution in [0.1, 0.15) is 78.1 Å². The number of amides is 1. The number of nitrogens with one attached hydrogen (secondary N) is 2. The maximum Gasteiger partial charge on any atom is 0.355 e. The highest BCUT2D eigenvalue weighted by Gasteiger charge is 2.25. The van der Waals surface area contributed by atoms with Crippen LogP contribution in [0, 0.1) is 19.8 Å². The molecule has 0 bridgehead atoms. The normalized spacial score (nSPS) is 16.3. The van der Waals surface area contributed by atoms with Crippen molar-refractivity contribution in [1.29, 1.82) is 0 Å². The summed E-state index contributed by atoms with van der Waals surface area (Å²) in [5, 5.41) is 2.88. The van der Waals surface area contributed by atoms with Crippen molar-refractivity contribution in [2.45, 2.75) is 65.9 Å². The fourth-order valence-corrected chi connectivity index (χ4v) is 3.54. The van der Waals surface area contributed by atoms with E-state index in [9.17, 15) is 14.4 Å². The third kappa shape index (κ3) is 4.71. The predicted molar refractivity (Wildman–Crippen MR) is 94.7 cm³/mol. The Morgan fingerprint density at radius 3 is 2.40 bits per heavy atom. The second-order valence-corrected chi connectivity index (χ2v) is 6.98. The summed E-state index contributed by atoms with van der Waals surface area (Å²) >= 11 is 0. The number of ether oxygens (including phenoxy) is 1. The lowest BCUT2D eigenvalue weighted by Gasteiger charge is -2.22. The maximum atomic E-state index is 12.3. The van der Waals surface area contributed by atoms with Crippen molar-refractivity contribution >= 4 is 17.7 Å². The number of esters is 1. The number of ketones is 1. The molecule has 0 aromatic carbocycles. The largest absolute Gasteiger partial charge is 0.448 e. The molecule has 0 spiro atoms. The molecular weight excluding hydrogens is 320 g/mol. The molecule has 25 heavy (non-hydrogen) atoms. The van der Waals surface area contributed by atoms with E-state index in [4.69, 9.17) is 4.74 Å². The van der Waals surface area contributed by atoms with Gasteiger partial charge in [-0.15, -0.1) is 0 Å². The smallest absolute Gasteiger partial charge is 0.355 e. The third-order valence-electron chi connectivity index (χ3n) is 4.94. The average Bonchev–Trinajstić information content (AvgIpc) is 2.88. The quantitative estimate of drug-likeness (QED) is 0.611. The monoisotopic (exact) mass is 348 g/mol. The zero-order valence-electron chi connectivity index (χ0n) is 15.5. The first-order valence-corrected chi connectivity index (χ1v) is 9.00. The molecule has 1 aromatic heterocycles. The highest BCUT2D eigenvalue weighted by molar-refractivity contribution is 6.01. The Bertz CT molecular complexity index is 657. The summed E-state index contributed by atoms with van der Waals surface area (Å²) in [7, 11) is 0. The van der Waals surface area contributed by atoms with Crippen LogP contribution in [0.3, 0.4) is 0 Å². The molecule has 0 radical (unpaired) electrons. The Morgan fingerprint density at radius 1 is 1.20 bits per heavy atom. The number of aryl methyl sites for hydroxylation is 1. The Hall–Kier alpha value is -2.11. The third-order valence-corrected chi connectivity index (χ3v) is 4.94. The van der Waals surface area contributed by atoms with Gasteiger partial charge in [0.05, 0.1) is 0 Å². The van der Waals surface area contributed by atoms with E-state index < -0.39 is 12.1 Å². The minimum absolute atomic E-state index is 0.108. The lowest BCUT2D eigenvalue weighted by molar-refractivity contribution is -0.129. The van der Waals surface area contributed by atoms with Crippen LogP contribution < -0.4 is 5.32 Å². The van der Waals surface area contributed by atoms with E-state index in [1.165, 1.54) is 26.2 Å². The molecule has 0 aliphatic heterocycles. The first-order chi connectivity index (χ1) is 11.8. The molecule has 1 amide bonds. The molecule has 1 heterocycles. The first kappa shape index (κ1) is 19.2. The van der Waals surface area contributed by atoms with Crippen molar-refractivity contribution in [3.8, 4) is 0 Å². The summed E-state index contributed by atoms with van der Waals surface area (Å²) in [6, 6.07) is 0. The van der Waals surface area contributed by atoms with Crippen molar-refractivity contribution in [2.24, 2.45) is 5.92 Å². The molecular formula is C19H28N2O4. The molecule has 6 nitrogen and oxygen atoms in total. The second kappa shape index (κ2) is 8.32. The molecule has 138 valence electrons. The molecule has 1 aliphatic carbocycles. The molecule has 1 atom stereocenters. The van der Waals surface area contributed by atoms with Crippen molar-refractivity contribution < 1.29 is 19.1 Å². The van der Waals surface area contributed by atoms with Gasteiger partial charge in [-0.25, -0.2) is 4.79 Å². The van der Waals surface area contributed by atoms with Crippen LogP contribution in [0.2, 0.25) is 0 Å². The lowest BCUT2D eigenvalue weighted by atomic mass is 9.89. The number of Topliss-reactive ketones (excluding diaryl/α,β-unsaturated/α-hetero) is 1. The van der Waals surface area contributed by atoms with Gasteiger partial charge in [0.2, 0.25) is 0 Å². The predicted octanol–water partition coefficient (Wildman–Crippen LogP) is 3.08. The topological polar surface area (TPSA) is 88.3 Å². The van der Waals surface area contributed by atoms with E-state index in [0.29, 0.717) is 29.3 Å². The van der Waals surface area contributed by atoms with Crippen LogP contribution in [0.15, 0.2) is 0 Å². The number of hydrogen-bond acceptors (Lipinski definition) is 4. The number of aromatic amines is 1. The first-order valence-electron chi connectivity index (χ1n) is 9.00. The van der Waals surface area contributed by atoms with Crippen LogP contribution in [0.25, 0.3) is 0 Å². The van der Waals surface area contributed by atoms with Gasteiger partial charge in [-0.05, 0) is 52.0 Å². The number of hydrogen-bond donors (Lipinski definition) is 2. The molecule has 1 saturated carbocycles. The van der Waals surface area contributed by atoms with Gasteiger partial charge in [-0.1, -0.05) is 19.3 Å². The summed E-state index contributed by atoms with van der Waals surface area (Å²) in [4.78, 5) is 39.0. The van der Waals surface area contributed by atoms with Crippen LogP contribution in [0.5, 0.6) is 0 Å². The van der Waals surface area contributed by atoms with Gasteiger partial charge in [0.15, 0.2) is 11.9 Å². The van der Waals surface area contributed by atoms with Crippen LogP contribution in [-0.4, -0.2) is 35.3 Å². The lowest BCUT2D eigenvalue weighted by Crippen LogP contribution is -2.38. The van der Waals surface area contributed by atoms with Crippen LogP contribution >= 0.6 is 0 Å². The molecule has 0 unspecified atom stereocenters. The van der Waals surface area contributed by atoms with Gasteiger partial charge in [0.25, 0.3) is 5.91 Å². The van der Waals surface area contributed by atoms with E-state index in [1.807, 2.05) is 0 Å². The summed E-state index contributed by atoms with van der Waals surface area (Å²) < 4.78 is 5.27. The number of carbonyl (C=O) groups excluding carboxylic acids is 3. The van der Waals surface area contributed by atoms with E-state index in [2.05, 4.69) is 10.3 Å². The molecule has 6 heteroatoms. The van der Waals surface area contributed by atoms with E-state index in [1.54, 1.807) is 20.8 Å². The van der Waals surface area contributed by atoms with Crippen molar-refractivity contribution in [2.75, 3.05) is 6.54 Å². The number of rotatable bonds is 6. The molecule has 1 fully saturated rings. The zero-order chi connectivity index (χ0) is 18.6. The van der Waals surface area contributed by atoms with Gasteiger partial charge in [-0.2, -0.15) is 0 Å². The Balaban J connectivity index is 1.92. The van der Waals surface area contributed by atoms with E-state index in [0.717, 1.165) is 12.8 Å². The molecule has 1 aromatic rings. The van der Waals surface area contributed by atoms with Gasteiger partial charge in [0.1, 0.15) is 5.69 Å². The van der Waals surface area contributed by atoms with Gasteiger partial charge >= 0.3 is 5.97 Å². The zero-order valence-corrected chi connectivity index (χ0v) is 15.5. The summed E-state index contributed by atoms with van der Waals surface area (Å²) in [5.74, 6) is -0.490. The van der Waals surface area contributed by atoms with E-state index >= 15 is 0 Å². The average molecular weight is 348 g/mol. The second-order valence-electron chi connectivity index (χ2n) is 6.98. The number of H-pyrrole nitrogens is 1. The molecule has 1 aliphatic rings. The number of carbonyl (C=O) groups is 3. The molecule has 2 N–H and O–H groups in total. The van der Waals surface area contributed by atoms with Gasteiger partial charge in [0, 0.05) is 17.8 Å². The fourth-order valence-electron chi connectivity index (χ4n) is 3.54. The summed E-state index contributed by atoms with van der Waals surface area (Å²) in [5.41, 5.74) is 1.92.